The molecule has 0 radical (unpaired) electrons. The van der Waals surface area contributed by atoms with E-state index in [-0.39, 0.29) is 99.0 Å². The molecule has 3 aliphatic heterocycles. The van der Waals surface area contributed by atoms with Gasteiger partial charge in [0.1, 0.15) is 29.0 Å². The number of hydrazone groups is 1. The van der Waals surface area contributed by atoms with Crippen LogP contribution in [0, 0.1) is 36.4 Å². The van der Waals surface area contributed by atoms with Crippen LogP contribution in [0.4, 0.5) is 15.8 Å². The number of aromatic carboxylic acids is 1. The van der Waals surface area contributed by atoms with Crippen molar-refractivity contribution in [1.82, 2.24) is 9.58 Å². The second-order valence-corrected chi connectivity index (χ2v) is 21.4. The Morgan fingerprint density at radius 3 is 2.25 bits per heavy atom. The Morgan fingerprint density at radius 2 is 1.62 bits per heavy atom. The summed E-state index contributed by atoms with van der Waals surface area (Å²) in [5, 5.41) is 77.5. The van der Waals surface area contributed by atoms with Crippen molar-refractivity contribution in [2.24, 2.45) is 28.8 Å². The lowest BCUT2D eigenvalue weighted by Gasteiger charge is -2.38. The molecule has 5 aliphatic rings. The number of allylic oxidation sites excluding steroid dienone is 2. The first-order valence-corrected chi connectivity index (χ1v) is 25.9. The normalized spacial score (nSPS) is 28.2. The molecule has 7 N–H and O–H groups in total. The van der Waals surface area contributed by atoms with Gasteiger partial charge < -0.3 is 59.6 Å². The number of aromatic nitrogens is 1. The van der Waals surface area contributed by atoms with Crippen LogP contribution in [0.5, 0.6) is 17.2 Å². The van der Waals surface area contributed by atoms with Crippen LogP contribution in [-0.4, -0.2) is 133 Å². The first kappa shape index (κ1) is 56.2. The number of Topliss-reactive ketones (excluding diaryl/α,β-unsaturated/α-hetero) is 1. The monoisotopic (exact) mass is 1090 g/mol. The van der Waals surface area contributed by atoms with Gasteiger partial charge in [-0.15, -0.1) is 0 Å². The van der Waals surface area contributed by atoms with Crippen molar-refractivity contribution >= 4 is 74.5 Å². The number of hydrogen-bond acceptors (Lipinski definition) is 16. The van der Waals surface area contributed by atoms with Crippen LogP contribution in [0.1, 0.15) is 105 Å². The number of phenols is 3. The standard InChI is InChI=1S/C56H65ClFN5O14/c1-25-11-10-12-26(2)54(72)60-43-35(23-59-62-18-16-61(17-19-62)45-37(58)21-33-44(42(45)57)63(32-13-14-32)24-36(49(33)68)55(73)74)50(69)40-39-34(27(3)48(67)41(40)51(43)70)22-56(8,53(39)71)76-20-15-38(75-9)28(4)52(77-31(7)64)30(6)47(66)29(5)46(25)65/h10-12,15,20-21,23-25,28-30,32,38,46-47,52,65-67,69-70H,13-14,16-19,22H2,1-9H3,(H,60,72)(H,73,74)/b11-10+,20-15+,26-12-,59-23+/t25-,28+,29+,30+,38-,46-,47+,52+,56-/m0/s1. The number of amides is 1. The summed E-state index contributed by atoms with van der Waals surface area (Å²) in [5.74, 6) is -8.66. The van der Waals surface area contributed by atoms with Gasteiger partial charge in [0.05, 0.1) is 82.1 Å². The van der Waals surface area contributed by atoms with Crippen molar-refractivity contribution < 1.29 is 68.4 Å². The minimum atomic E-state index is -1.65. The van der Waals surface area contributed by atoms with Crippen LogP contribution in [0.15, 0.2) is 58.3 Å². The number of carboxylic acid groups (broad SMARTS) is 1. The number of halogens is 2. The Morgan fingerprint density at radius 1 is 0.948 bits per heavy atom. The number of methoxy groups -OCH3 is 1. The van der Waals surface area contributed by atoms with Crippen molar-refractivity contribution in [1.29, 1.82) is 0 Å². The summed E-state index contributed by atoms with van der Waals surface area (Å²) in [4.78, 5) is 68.2. The van der Waals surface area contributed by atoms with Crippen LogP contribution < -0.4 is 15.6 Å². The summed E-state index contributed by atoms with van der Waals surface area (Å²) >= 11 is 6.93. The minimum absolute atomic E-state index is 0.0175. The molecule has 412 valence electrons. The third-order valence-electron chi connectivity index (χ3n) is 15.8. The van der Waals surface area contributed by atoms with E-state index in [1.165, 1.54) is 58.7 Å². The number of carboxylic acids is 1. The second kappa shape index (κ2) is 21.8. The zero-order valence-electron chi connectivity index (χ0n) is 44.3. The van der Waals surface area contributed by atoms with E-state index in [4.69, 9.17) is 25.8 Å². The maximum Gasteiger partial charge on any atom is 0.341 e. The quantitative estimate of drug-likeness (QED) is 0.0415. The highest BCUT2D eigenvalue weighted by molar-refractivity contribution is 6.38. The van der Waals surface area contributed by atoms with Crippen molar-refractivity contribution in [3.8, 4) is 17.2 Å². The summed E-state index contributed by atoms with van der Waals surface area (Å²) in [5.41, 5.74) is -2.79. The predicted molar refractivity (Wildman–Crippen MR) is 287 cm³/mol. The van der Waals surface area contributed by atoms with Gasteiger partial charge in [-0.05, 0) is 56.9 Å². The topological polar surface area (TPSA) is 270 Å². The highest BCUT2D eigenvalue weighted by Gasteiger charge is 2.48. The smallest absolute Gasteiger partial charge is 0.341 e. The third kappa shape index (κ3) is 10.3. The van der Waals surface area contributed by atoms with Gasteiger partial charge in [0, 0.05) is 86.0 Å². The average molecular weight is 1090 g/mol. The van der Waals surface area contributed by atoms with Gasteiger partial charge in [0.25, 0.3) is 5.91 Å². The Hall–Kier alpha value is -7.00. The number of piperazine rings is 1. The van der Waals surface area contributed by atoms with Crippen LogP contribution in [-0.2, 0) is 30.2 Å². The summed E-state index contributed by atoms with van der Waals surface area (Å²) in [6.07, 6.45) is 7.25. The number of esters is 1. The van der Waals surface area contributed by atoms with Gasteiger partial charge in [-0.2, -0.15) is 5.10 Å². The number of nitrogens with zero attached hydrogens (tertiary/aromatic N) is 4. The number of carbonyl (C=O) groups is 4. The molecule has 2 fully saturated rings. The number of ketones is 1. The van der Waals surface area contributed by atoms with Gasteiger partial charge in [-0.25, -0.2) is 9.18 Å². The van der Waals surface area contributed by atoms with Crippen LogP contribution >= 0.6 is 11.6 Å². The maximum absolute atomic E-state index is 16.1. The van der Waals surface area contributed by atoms with E-state index in [0.29, 0.717) is 5.56 Å². The lowest BCUT2D eigenvalue weighted by molar-refractivity contribution is -0.160. The number of aromatic hydroxyl groups is 3. The number of aliphatic hydroxyl groups is 2. The zero-order valence-corrected chi connectivity index (χ0v) is 45.0. The van der Waals surface area contributed by atoms with Gasteiger partial charge in [-0.3, -0.25) is 24.2 Å². The number of rotatable bonds is 7. The van der Waals surface area contributed by atoms with E-state index in [2.05, 4.69) is 10.4 Å². The van der Waals surface area contributed by atoms with E-state index in [1.54, 1.807) is 61.2 Å². The van der Waals surface area contributed by atoms with Crippen molar-refractivity contribution in [3.05, 3.63) is 97.3 Å². The Bertz CT molecular complexity index is 3270. The van der Waals surface area contributed by atoms with Crippen molar-refractivity contribution in [3.63, 3.8) is 0 Å². The molecule has 1 saturated heterocycles. The Labute approximate surface area is 448 Å². The molecule has 2 aliphatic carbocycles. The first-order valence-electron chi connectivity index (χ1n) is 25.5. The molecule has 77 heavy (non-hydrogen) atoms. The highest BCUT2D eigenvalue weighted by Crippen LogP contribution is 2.53. The second-order valence-electron chi connectivity index (χ2n) is 21.0. The lowest BCUT2D eigenvalue weighted by atomic mass is 9.78. The molecule has 9 rings (SSSR count). The minimum Gasteiger partial charge on any atom is -0.507 e. The number of pyridine rings is 1. The summed E-state index contributed by atoms with van der Waals surface area (Å²) in [6.45, 7) is 13.2. The zero-order chi connectivity index (χ0) is 56.3. The van der Waals surface area contributed by atoms with Gasteiger partial charge >= 0.3 is 11.9 Å². The largest absolute Gasteiger partial charge is 0.507 e. The van der Waals surface area contributed by atoms with E-state index in [1.807, 2.05) is 0 Å². The molecule has 1 aromatic heterocycles. The fourth-order valence-corrected chi connectivity index (χ4v) is 11.4. The Kier molecular flexibility index (Phi) is 15.9. The van der Waals surface area contributed by atoms with E-state index in [0.717, 1.165) is 18.9 Å². The number of phenolic OH excluding ortho intramolecular Hbond substituents is 3. The molecule has 1 saturated carbocycles. The van der Waals surface area contributed by atoms with Crippen LogP contribution in [0.3, 0.4) is 0 Å². The molecule has 5 bridgehead atoms. The van der Waals surface area contributed by atoms with Gasteiger partial charge in [0.15, 0.2) is 11.4 Å². The molecule has 19 nitrogen and oxygen atoms in total. The molecule has 9 atom stereocenters. The van der Waals surface area contributed by atoms with Crippen molar-refractivity contribution in [2.45, 2.75) is 111 Å². The number of hydrogen-bond donors (Lipinski definition) is 7. The number of carbonyl (C=O) groups excluding carboxylic acids is 3. The lowest BCUT2D eigenvalue weighted by Crippen LogP contribution is -2.46. The molecular weight excluding hydrogens is 1020 g/mol. The molecule has 1 amide bonds. The SMILES string of the molecule is CO[C@H]1/C=C/O[C@@]2(C)Cc3c(C)c(O)c4c(O)c(c(/C=N/N5CCN(c6c(F)cc7c(=O)c(C(=O)O)cn(C8CC8)c7c6Cl)CC5)c(O)c4c3C2=O)NC(=O)/C(C)=C\C=C\[C@H](C)[C@H](O)[C@@H](C)[C@@H](O)[C@@H](C)[C@H](OC(C)=O)[C@@H]1C. The summed E-state index contributed by atoms with van der Waals surface area (Å²) in [6, 6.07) is 0.900. The third-order valence-corrected chi connectivity index (χ3v) is 16.2. The number of nitrogens with one attached hydrogen (secondary N) is 1. The van der Waals surface area contributed by atoms with Crippen molar-refractivity contribution in [2.75, 3.05) is 43.5 Å². The van der Waals surface area contributed by atoms with E-state index >= 15 is 4.39 Å². The molecule has 0 unspecified atom stereocenters. The number of aliphatic hydroxyl groups excluding tert-OH is 2. The fraction of sp³-hybridized carbons (Fsp3) is 0.464. The van der Waals surface area contributed by atoms with Gasteiger partial charge in [-0.1, -0.05) is 57.5 Å². The summed E-state index contributed by atoms with van der Waals surface area (Å²) in [7, 11) is 1.44. The number of anilines is 2. The van der Waals surface area contributed by atoms with Crippen LogP contribution in [0.25, 0.3) is 21.7 Å². The number of ether oxygens (including phenoxy) is 3. The molecule has 0 spiro atoms. The van der Waals surface area contributed by atoms with Gasteiger partial charge in [0.2, 0.25) is 11.2 Å². The van der Waals surface area contributed by atoms with Crippen LogP contribution in [0.2, 0.25) is 5.02 Å². The molecule has 4 aromatic rings. The number of benzene rings is 3. The maximum atomic E-state index is 16.1. The van der Waals surface area contributed by atoms with E-state index < -0.39 is 111 Å². The van der Waals surface area contributed by atoms with E-state index in [9.17, 15) is 54.6 Å². The Balaban J connectivity index is 1.19. The molecule has 4 heterocycles. The summed E-state index contributed by atoms with van der Waals surface area (Å²) < 4.78 is 35.5. The molecule has 3 aromatic carbocycles. The molecule has 21 heteroatoms. The fourth-order valence-electron chi connectivity index (χ4n) is 11.0. The number of fused-ring (bicyclic) bond motifs is 15. The predicted octanol–water partition coefficient (Wildman–Crippen LogP) is 7.26. The first-order chi connectivity index (χ1) is 36.3. The molecular formula is C56H65ClFN5O14. The average Bonchev–Trinajstić information content (AvgIpc) is 4.21. The highest BCUT2D eigenvalue weighted by atomic mass is 35.5.